The maximum atomic E-state index is 11.4. The van der Waals surface area contributed by atoms with E-state index in [1.54, 1.807) is 43.3 Å². The number of cyclic esters (lactones) is 4. The summed E-state index contributed by atoms with van der Waals surface area (Å²) in [5.41, 5.74) is 1.51. The Kier molecular flexibility index (Phi) is 8.19. The summed E-state index contributed by atoms with van der Waals surface area (Å²) in [5.74, 6) is -2.97. The number of hydrogen-bond acceptors (Lipinski definition) is 9. The van der Waals surface area contributed by atoms with Crippen molar-refractivity contribution in [2.24, 2.45) is 0 Å². The van der Waals surface area contributed by atoms with E-state index in [1.807, 2.05) is 0 Å². The monoisotopic (exact) mass is 443 g/mol. The Bertz CT molecular complexity index is 1010. The molecule has 0 radical (unpaired) electrons. The van der Waals surface area contributed by atoms with Crippen molar-refractivity contribution in [3.63, 3.8) is 0 Å². The van der Waals surface area contributed by atoms with Crippen LogP contribution in [0.25, 0.3) is 0 Å². The number of carbonyl (C=O) groups excluding carboxylic acids is 4. The smallest absolute Gasteiger partial charge is 0.480 e. The zero-order chi connectivity index (χ0) is 23.8. The van der Waals surface area contributed by atoms with Gasteiger partial charge in [0, 0.05) is 0 Å². The van der Waals surface area contributed by atoms with Crippen LogP contribution in [0.15, 0.2) is 48.5 Å². The minimum atomic E-state index is -1.30. The number of benzene rings is 2. The highest BCUT2D eigenvalue weighted by Crippen LogP contribution is 2.13. The first-order valence-corrected chi connectivity index (χ1v) is 9.27. The predicted octanol–water partition coefficient (Wildman–Crippen LogP) is 2.16. The fourth-order valence-corrected chi connectivity index (χ4v) is 2.72. The Labute approximate surface area is 183 Å². The minimum absolute atomic E-state index is 0.146. The summed E-state index contributed by atoms with van der Waals surface area (Å²) >= 11 is 0. The van der Waals surface area contributed by atoms with E-state index in [1.165, 1.54) is 31.4 Å². The van der Waals surface area contributed by atoms with Gasteiger partial charge in [-0.2, -0.15) is 0 Å². The van der Waals surface area contributed by atoms with Crippen molar-refractivity contribution < 1.29 is 43.3 Å². The topological polar surface area (TPSA) is 137 Å². The average molecular weight is 443 g/mol. The Morgan fingerprint density at radius 3 is 2.03 bits per heavy atom. The number of esters is 3. The van der Waals surface area contributed by atoms with Crippen molar-refractivity contribution in [1.82, 2.24) is 4.90 Å². The molecule has 168 valence electrons. The Hall–Kier alpha value is -4.05. The standard InChI is InChI=1S/C13H17NO4.C9H4O5/c1-14(2)11(12(15)16)8-9-5-4-6-10(7-9)13(17)18-3;10-7-5-2-1-3-6(4-5)8(11)14-9(12)13-7/h4-7,11H,8H2,1-3H3,(H,15,16);1-4H. The number of nitrogens with zero attached hydrogens (tertiary/aromatic N) is 1. The molecule has 1 heterocycles. The summed E-state index contributed by atoms with van der Waals surface area (Å²) in [6.07, 6.45) is -0.959. The molecule has 0 aromatic heterocycles. The second-order valence-corrected chi connectivity index (χ2v) is 6.82. The fourth-order valence-electron chi connectivity index (χ4n) is 2.72. The molecule has 0 saturated carbocycles. The average Bonchev–Trinajstić information content (AvgIpc) is 2.76. The summed E-state index contributed by atoms with van der Waals surface area (Å²) < 4.78 is 13.0. The van der Waals surface area contributed by atoms with Crippen molar-refractivity contribution in [2.75, 3.05) is 21.2 Å². The largest absolute Gasteiger partial charge is 0.524 e. The SMILES string of the molecule is COC(=O)c1cccc(CC(C(=O)O)N(C)C)c1.O=C1OC(=O)c2cccc(c2)C(=O)O1. The first-order valence-electron chi connectivity index (χ1n) is 9.27. The summed E-state index contributed by atoms with van der Waals surface area (Å²) in [6, 6.07) is 11.9. The van der Waals surface area contributed by atoms with Crippen LogP contribution in [0.2, 0.25) is 0 Å². The zero-order valence-corrected chi connectivity index (χ0v) is 17.6. The van der Waals surface area contributed by atoms with Gasteiger partial charge < -0.3 is 19.3 Å². The van der Waals surface area contributed by atoms with E-state index in [0.29, 0.717) is 12.0 Å². The number of methoxy groups -OCH3 is 1. The molecule has 1 aliphatic rings. The number of fused-ring (bicyclic) bond motifs is 2. The Morgan fingerprint density at radius 2 is 1.53 bits per heavy atom. The van der Waals surface area contributed by atoms with Gasteiger partial charge >= 0.3 is 30.0 Å². The molecule has 10 heteroatoms. The molecule has 1 atom stereocenters. The van der Waals surface area contributed by atoms with E-state index in [2.05, 4.69) is 14.2 Å². The van der Waals surface area contributed by atoms with E-state index >= 15 is 0 Å². The van der Waals surface area contributed by atoms with Gasteiger partial charge in [-0.15, -0.1) is 0 Å². The molecule has 0 aliphatic carbocycles. The normalized spacial score (nSPS) is 13.6. The van der Waals surface area contributed by atoms with Gasteiger partial charge in [0.15, 0.2) is 0 Å². The first kappa shape index (κ1) is 24.2. The molecule has 32 heavy (non-hydrogen) atoms. The lowest BCUT2D eigenvalue weighted by atomic mass is 10.0. The van der Waals surface area contributed by atoms with Crippen molar-refractivity contribution in [1.29, 1.82) is 0 Å². The number of rotatable bonds is 5. The van der Waals surface area contributed by atoms with Crippen molar-refractivity contribution in [3.8, 4) is 0 Å². The molecule has 1 aliphatic heterocycles. The van der Waals surface area contributed by atoms with E-state index in [9.17, 15) is 24.0 Å². The van der Waals surface area contributed by atoms with Gasteiger partial charge in [-0.3, -0.25) is 9.69 Å². The predicted molar refractivity (Wildman–Crippen MR) is 109 cm³/mol. The number of carbonyl (C=O) groups is 5. The van der Waals surface area contributed by atoms with Crippen LogP contribution in [0, 0.1) is 0 Å². The van der Waals surface area contributed by atoms with Crippen LogP contribution in [0.3, 0.4) is 0 Å². The highest BCUT2D eigenvalue weighted by Gasteiger charge is 2.23. The van der Waals surface area contributed by atoms with E-state index < -0.39 is 36.1 Å². The zero-order valence-electron chi connectivity index (χ0n) is 17.6. The molecule has 3 rings (SSSR count). The molecule has 2 aromatic carbocycles. The second-order valence-electron chi connectivity index (χ2n) is 6.82. The molecule has 0 fully saturated rings. The lowest BCUT2D eigenvalue weighted by molar-refractivity contribution is -0.142. The van der Waals surface area contributed by atoms with Crippen molar-refractivity contribution in [3.05, 3.63) is 70.8 Å². The van der Waals surface area contributed by atoms with Crippen LogP contribution in [-0.2, 0) is 25.4 Å². The van der Waals surface area contributed by atoms with Crippen LogP contribution in [0.5, 0.6) is 0 Å². The third-order valence-corrected chi connectivity index (χ3v) is 4.37. The van der Waals surface area contributed by atoms with E-state index in [0.717, 1.165) is 5.56 Å². The number of hydrogen-bond donors (Lipinski definition) is 1. The summed E-state index contributed by atoms with van der Waals surface area (Å²) in [7, 11) is 4.74. The maximum absolute atomic E-state index is 11.4. The lowest BCUT2D eigenvalue weighted by Crippen LogP contribution is -2.37. The fraction of sp³-hybridized carbons (Fsp3) is 0.227. The van der Waals surface area contributed by atoms with E-state index in [-0.39, 0.29) is 11.1 Å². The number of likely N-dealkylation sites (N-methyl/N-ethyl adjacent to an activating group) is 1. The molecule has 1 N–H and O–H groups in total. The highest BCUT2D eigenvalue weighted by molar-refractivity contribution is 6.04. The van der Waals surface area contributed by atoms with Gasteiger partial charge in [0.25, 0.3) is 0 Å². The molecule has 0 spiro atoms. The molecule has 2 bridgehead atoms. The second kappa shape index (κ2) is 10.8. The summed E-state index contributed by atoms with van der Waals surface area (Å²) in [5, 5.41) is 9.10. The van der Waals surface area contributed by atoms with Gasteiger partial charge in [-0.25, -0.2) is 19.2 Å². The van der Waals surface area contributed by atoms with Gasteiger partial charge in [-0.1, -0.05) is 18.2 Å². The molecular weight excluding hydrogens is 422 g/mol. The number of carboxylic acids is 1. The molecule has 0 saturated heterocycles. The van der Waals surface area contributed by atoms with Gasteiger partial charge in [0.2, 0.25) is 0 Å². The van der Waals surface area contributed by atoms with Crippen LogP contribution in [0.1, 0.15) is 36.6 Å². The number of aliphatic carboxylic acids is 1. The third-order valence-electron chi connectivity index (χ3n) is 4.37. The highest BCUT2D eigenvalue weighted by atomic mass is 16.8. The molecule has 2 aromatic rings. The molecule has 0 amide bonds. The van der Waals surface area contributed by atoms with Crippen LogP contribution in [0.4, 0.5) is 4.79 Å². The third kappa shape index (κ3) is 6.47. The molecule has 1 unspecified atom stereocenters. The van der Waals surface area contributed by atoms with Crippen LogP contribution in [-0.4, -0.2) is 67.3 Å². The van der Waals surface area contributed by atoms with Gasteiger partial charge in [-0.05, 0) is 56.4 Å². The summed E-state index contributed by atoms with van der Waals surface area (Å²) in [4.78, 5) is 57.0. The summed E-state index contributed by atoms with van der Waals surface area (Å²) in [6.45, 7) is 0. The maximum Gasteiger partial charge on any atom is 0.524 e. The van der Waals surface area contributed by atoms with Gasteiger partial charge in [0.1, 0.15) is 6.04 Å². The number of carboxylic acid groups (broad SMARTS) is 1. The van der Waals surface area contributed by atoms with Crippen molar-refractivity contribution >= 4 is 30.0 Å². The Balaban J connectivity index is 0.000000233. The lowest BCUT2D eigenvalue weighted by Gasteiger charge is -2.20. The van der Waals surface area contributed by atoms with Gasteiger partial charge in [0.05, 0.1) is 23.8 Å². The first-order chi connectivity index (χ1) is 15.1. The quantitative estimate of drug-likeness (QED) is 0.541. The Morgan fingerprint density at radius 1 is 0.969 bits per heavy atom. The van der Waals surface area contributed by atoms with Crippen LogP contribution >= 0.6 is 0 Å². The minimum Gasteiger partial charge on any atom is -0.480 e. The van der Waals surface area contributed by atoms with E-state index in [4.69, 9.17) is 5.11 Å². The van der Waals surface area contributed by atoms with Crippen LogP contribution < -0.4 is 0 Å². The van der Waals surface area contributed by atoms with Crippen molar-refractivity contribution in [2.45, 2.75) is 12.5 Å². The number of ether oxygens (including phenoxy) is 3. The molecular formula is C22H21NO9. The molecule has 10 nitrogen and oxygen atoms in total.